The van der Waals surface area contributed by atoms with Gasteiger partial charge in [0.2, 0.25) is 0 Å². The largest absolute Gasteiger partial charge is 0.477 e. The fourth-order valence-electron chi connectivity index (χ4n) is 2.90. The molecule has 2 aromatic rings. The molecule has 6 heteroatoms. The average molecular weight is 317 g/mol. The summed E-state index contributed by atoms with van der Waals surface area (Å²) in [6, 6.07) is 3.65. The first-order chi connectivity index (χ1) is 10.6. The number of hydrogen-bond donors (Lipinski definition) is 1. The average Bonchev–Trinajstić information content (AvgIpc) is 2.92. The third-order valence-corrected chi connectivity index (χ3v) is 4.93. The number of likely N-dealkylation sites (tertiary alicyclic amines) is 1. The highest BCUT2D eigenvalue weighted by Gasteiger charge is 2.22. The number of aromatic carboxylic acids is 1. The minimum absolute atomic E-state index is 0.299. The standard InChI is InChI=1S/C16H19N3O2S/c1-11-4-3-7-19(9-11)10-13-18-14(15(22-13)16(20)21)12-5-2-6-17-8-12/h2,5-6,8,11H,3-4,7,9-10H2,1H3,(H,20,21). The van der Waals surface area contributed by atoms with Gasteiger partial charge in [-0.1, -0.05) is 6.92 Å². The summed E-state index contributed by atoms with van der Waals surface area (Å²) in [5, 5.41) is 10.3. The molecular weight excluding hydrogens is 298 g/mol. The topological polar surface area (TPSA) is 66.3 Å². The highest BCUT2D eigenvalue weighted by molar-refractivity contribution is 7.14. The van der Waals surface area contributed by atoms with Crippen molar-refractivity contribution in [2.45, 2.75) is 26.3 Å². The number of carboxylic acids is 1. The van der Waals surface area contributed by atoms with Crippen molar-refractivity contribution in [3.05, 3.63) is 34.4 Å². The maximum absolute atomic E-state index is 11.5. The molecule has 3 rings (SSSR count). The number of carbonyl (C=O) groups is 1. The number of nitrogens with zero attached hydrogens (tertiary/aromatic N) is 3. The molecular formula is C16H19N3O2S. The summed E-state index contributed by atoms with van der Waals surface area (Å²) in [6.45, 7) is 5.12. The zero-order valence-electron chi connectivity index (χ0n) is 12.5. The van der Waals surface area contributed by atoms with E-state index in [2.05, 4.69) is 21.8 Å². The lowest BCUT2D eigenvalue weighted by Crippen LogP contribution is -2.33. The Labute approximate surface area is 133 Å². The van der Waals surface area contributed by atoms with Gasteiger partial charge in [-0.25, -0.2) is 9.78 Å². The van der Waals surface area contributed by atoms with Crippen molar-refractivity contribution >= 4 is 17.3 Å². The zero-order chi connectivity index (χ0) is 15.5. The number of rotatable bonds is 4. The van der Waals surface area contributed by atoms with Gasteiger partial charge in [-0.3, -0.25) is 9.88 Å². The lowest BCUT2D eigenvalue weighted by atomic mass is 10.0. The molecule has 1 atom stereocenters. The first kappa shape index (κ1) is 15.1. The van der Waals surface area contributed by atoms with Crippen LogP contribution in [-0.4, -0.2) is 39.0 Å². The lowest BCUT2D eigenvalue weighted by Gasteiger charge is -2.29. The zero-order valence-corrected chi connectivity index (χ0v) is 13.3. The second-order valence-electron chi connectivity index (χ2n) is 5.81. The van der Waals surface area contributed by atoms with Gasteiger partial charge >= 0.3 is 5.97 Å². The van der Waals surface area contributed by atoms with Crippen molar-refractivity contribution in [1.82, 2.24) is 14.9 Å². The fraction of sp³-hybridized carbons (Fsp3) is 0.438. The molecule has 3 heterocycles. The molecule has 1 aliphatic heterocycles. The summed E-state index contributed by atoms with van der Waals surface area (Å²) in [5.41, 5.74) is 1.29. The molecule has 116 valence electrons. The van der Waals surface area contributed by atoms with Crippen molar-refractivity contribution in [1.29, 1.82) is 0 Å². The maximum Gasteiger partial charge on any atom is 0.348 e. The van der Waals surface area contributed by atoms with E-state index in [1.54, 1.807) is 18.5 Å². The van der Waals surface area contributed by atoms with Gasteiger partial charge in [0.1, 0.15) is 9.88 Å². The maximum atomic E-state index is 11.5. The van der Waals surface area contributed by atoms with Gasteiger partial charge in [-0.2, -0.15) is 0 Å². The van der Waals surface area contributed by atoms with E-state index in [1.165, 1.54) is 24.2 Å². The van der Waals surface area contributed by atoms with Crippen LogP contribution in [0.1, 0.15) is 34.4 Å². The van der Waals surface area contributed by atoms with Crippen molar-refractivity contribution in [2.75, 3.05) is 13.1 Å². The highest BCUT2D eigenvalue weighted by Crippen LogP contribution is 2.29. The summed E-state index contributed by atoms with van der Waals surface area (Å²) in [6.07, 6.45) is 5.81. The second-order valence-corrected chi connectivity index (χ2v) is 6.90. The van der Waals surface area contributed by atoms with E-state index in [0.717, 1.165) is 30.2 Å². The molecule has 0 spiro atoms. The van der Waals surface area contributed by atoms with Gasteiger partial charge in [-0.15, -0.1) is 11.3 Å². The monoisotopic (exact) mass is 317 g/mol. The van der Waals surface area contributed by atoms with Crippen LogP contribution < -0.4 is 0 Å². The fourth-order valence-corrected chi connectivity index (χ4v) is 3.86. The van der Waals surface area contributed by atoms with E-state index >= 15 is 0 Å². The number of piperidine rings is 1. The minimum atomic E-state index is -0.922. The molecule has 1 unspecified atom stereocenters. The van der Waals surface area contributed by atoms with Crippen LogP contribution >= 0.6 is 11.3 Å². The van der Waals surface area contributed by atoms with E-state index in [9.17, 15) is 9.90 Å². The molecule has 0 aromatic carbocycles. The Morgan fingerprint density at radius 3 is 3.09 bits per heavy atom. The molecule has 2 aromatic heterocycles. The number of pyridine rings is 1. The number of thiazole rings is 1. The third kappa shape index (κ3) is 3.34. The molecule has 0 radical (unpaired) electrons. The SMILES string of the molecule is CC1CCCN(Cc2nc(-c3cccnc3)c(C(=O)O)s2)C1. The lowest BCUT2D eigenvalue weighted by molar-refractivity contribution is 0.0702. The number of aromatic nitrogens is 2. The molecule has 0 amide bonds. The first-order valence-corrected chi connectivity index (χ1v) is 8.31. The molecule has 22 heavy (non-hydrogen) atoms. The normalized spacial score (nSPS) is 19.2. The molecule has 0 aliphatic carbocycles. The molecule has 0 bridgehead atoms. The van der Waals surface area contributed by atoms with Crippen LogP contribution in [0.3, 0.4) is 0 Å². The molecule has 5 nitrogen and oxygen atoms in total. The minimum Gasteiger partial charge on any atom is -0.477 e. The van der Waals surface area contributed by atoms with E-state index in [4.69, 9.17) is 0 Å². The van der Waals surface area contributed by atoms with Gasteiger partial charge in [-0.05, 0) is 37.4 Å². The van der Waals surface area contributed by atoms with E-state index in [0.29, 0.717) is 16.5 Å². The van der Waals surface area contributed by atoms with Crippen LogP contribution in [0.15, 0.2) is 24.5 Å². The summed E-state index contributed by atoms with van der Waals surface area (Å²) in [7, 11) is 0. The molecule has 1 saturated heterocycles. The predicted molar refractivity (Wildman–Crippen MR) is 86.0 cm³/mol. The third-order valence-electron chi connectivity index (χ3n) is 3.90. The van der Waals surface area contributed by atoms with Gasteiger partial charge in [0.25, 0.3) is 0 Å². The van der Waals surface area contributed by atoms with Crippen LogP contribution in [0.4, 0.5) is 0 Å². The Hall–Kier alpha value is -1.79. The van der Waals surface area contributed by atoms with Gasteiger partial charge in [0, 0.05) is 24.5 Å². The van der Waals surface area contributed by atoms with Crippen molar-refractivity contribution < 1.29 is 9.90 Å². The molecule has 1 N–H and O–H groups in total. The van der Waals surface area contributed by atoms with Crippen LogP contribution in [0.2, 0.25) is 0 Å². The first-order valence-electron chi connectivity index (χ1n) is 7.49. The Morgan fingerprint density at radius 2 is 2.41 bits per heavy atom. The van der Waals surface area contributed by atoms with Crippen LogP contribution in [0.25, 0.3) is 11.3 Å². The van der Waals surface area contributed by atoms with Crippen molar-refractivity contribution in [3.63, 3.8) is 0 Å². The smallest absolute Gasteiger partial charge is 0.348 e. The Bertz CT molecular complexity index is 657. The summed E-state index contributed by atoms with van der Waals surface area (Å²) in [4.78, 5) is 22.8. The summed E-state index contributed by atoms with van der Waals surface area (Å²) >= 11 is 1.28. The van der Waals surface area contributed by atoms with Crippen LogP contribution in [0, 0.1) is 5.92 Å². The quantitative estimate of drug-likeness (QED) is 0.938. The van der Waals surface area contributed by atoms with Crippen molar-refractivity contribution in [2.24, 2.45) is 5.92 Å². The number of carboxylic acid groups (broad SMARTS) is 1. The Kier molecular flexibility index (Phi) is 4.49. The summed E-state index contributed by atoms with van der Waals surface area (Å²) in [5.74, 6) is -0.222. The predicted octanol–water partition coefficient (Wildman–Crippen LogP) is 3.14. The van der Waals surface area contributed by atoms with Gasteiger partial charge in [0.15, 0.2) is 0 Å². The Morgan fingerprint density at radius 1 is 1.55 bits per heavy atom. The van der Waals surface area contributed by atoms with E-state index in [-0.39, 0.29) is 0 Å². The van der Waals surface area contributed by atoms with Crippen LogP contribution in [0.5, 0.6) is 0 Å². The van der Waals surface area contributed by atoms with Crippen LogP contribution in [-0.2, 0) is 6.54 Å². The Balaban J connectivity index is 1.85. The van der Waals surface area contributed by atoms with Gasteiger partial charge < -0.3 is 5.11 Å². The second kappa shape index (κ2) is 6.54. The van der Waals surface area contributed by atoms with E-state index in [1.807, 2.05) is 6.07 Å². The highest BCUT2D eigenvalue weighted by atomic mass is 32.1. The molecule has 1 aliphatic rings. The van der Waals surface area contributed by atoms with Crippen molar-refractivity contribution in [3.8, 4) is 11.3 Å². The molecule has 0 saturated carbocycles. The number of hydrogen-bond acceptors (Lipinski definition) is 5. The summed E-state index contributed by atoms with van der Waals surface area (Å²) < 4.78 is 0. The van der Waals surface area contributed by atoms with E-state index < -0.39 is 5.97 Å². The molecule has 1 fully saturated rings. The van der Waals surface area contributed by atoms with Gasteiger partial charge in [0.05, 0.1) is 12.2 Å².